The predicted molar refractivity (Wildman–Crippen MR) is 56.6 cm³/mol. The van der Waals surface area contributed by atoms with Gasteiger partial charge >= 0.3 is 0 Å². The normalized spacial score (nSPS) is 9.23. The number of carbonyl (C=O) groups is 1. The highest BCUT2D eigenvalue weighted by Gasteiger charge is 2.01. The Kier molecular flexibility index (Phi) is 4.12. The van der Waals surface area contributed by atoms with Gasteiger partial charge in [0.15, 0.2) is 0 Å². The lowest BCUT2D eigenvalue weighted by Gasteiger charge is -2.01. The van der Waals surface area contributed by atoms with Crippen LogP contribution in [0.4, 0.5) is 0 Å². The summed E-state index contributed by atoms with van der Waals surface area (Å²) < 4.78 is 2.71. The number of hydrogen-bond acceptors (Lipinski definition) is 2. The molecule has 0 fully saturated rings. The molecule has 0 aromatic heterocycles. The molecule has 68 valence electrons. The van der Waals surface area contributed by atoms with Crippen molar-refractivity contribution in [3.63, 3.8) is 0 Å². The Morgan fingerprint density at radius 1 is 1.46 bits per heavy atom. The molecule has 1 rings (SSSR count). The molecule has 1 aromatic rings. The Morgan fingerprint density at radius 3 is 2.77 bits per heavy atom. The van der Waals surface area contributed by atoms with Gasteiger partial charge in [0.25, 0.3) is 5.91 Å². The first-order valence-corrected chi connectivity index (χ1v) is 4.91. The molecule has 0 bridgehead atoms. The van der Waals surface area contributed by atoms with Gasteiger partial charge in [0.05, 0.1) is 0 Å². The molecule has 0 aliphatic rings. The number of benzene rings is 1. The summed E-state index contributed by atoms with van der Waals surface area (Å²) in [4.78, 5) is 11.4. The fourth-order valence-electron chi connectivity index (χ4n) is 0.815. The van der Waals surface area contributed by atoms with Crippen molar-refractivity contribution in [3.8, 4) is 0 Å². The summed E-state index contributed by atoms with van der Waals surface area (Å²) >= 11 is 1.34. The Hall–Kier alpha value is -1.22. The topological polar surface area (TPSA) is 29.1 Å². The van der Waals surface area contributed by atoms with Crippen molar-refractivity contribution < 1.29 is 4.79 Å². The average molecular weight is 193 g/mol. The van der Waals surface area contributed by atoms with Gasteiger partial charge in [0.2, 0.25) is 0 Å². The maximum absolute atomic E-state index is 11.4. The molecule has 13 heavy (non-hydrogen) atoms. The van der Waals surface area contributed by atoms with E-state index in [9.17, 15) is 4.79 Å². The zero-order chi connectivity index (χ0) is 9.52. The molecule has 0 saturated carbocycles. The van der Waals surface area contributed by atoms with E-state index in [0.29, 0.717) is 5.56 Å². The third kappa shape index (κ3) is 3.34. The third-order valence-electron chi connectivity index (χ3n) is 1.40. The van der Waals surface area contributed by atoms with Crippen LogP contribution < -0.4 is 4.72 Å². The molecular formula is C10H11NOS. The van der Waals surface area contributed by atoms with Gasteiger partial charge in [-0.15, -0.1) is 6.58 Å². The molecule has 0 saturated heterocycles. The number of hydrogen-bond donors (Lipinski definition) is 1. The van der Waals surface area contributed by atoms with Crippen LogP contribution in [0.3, 0.4) is 0 Å². The molecule has 0 aliphatic carbocycles. The zero-order valence-corrected chi connectivity index (χ0v) is 8.01. The fraction of sp³-hybridized carbons (Fsp3) is 0.100. The second-order valence-electron chi connectivity index (χ2n) is 2.40. The summed E-state index contributed by atoms with van der Waals surface area (Å²) in [7, 11) is 0. The highest BCUT2D eigenvalue weighted by Crippen LogP contribution is 2.01. The molecule has 0 atom stereocenters. The van der Waals surface area contributed by atoms with E-state index in [1.807, 2.05) is 18.2 Å². The fourth-order valence-corrected chi connectivity index (χ4v) is 1.26. The molecule has 1 aromatic carbocycles. The molecule has 1 N–H and O–H groups in total. The first-order chi connectivity index (χ1) is 6.34. The van der Waals surface area contributed by atoms with Gasteiger partial charge in [-0.3, -0.25) is 9.52 Å². The summed E-state index contributed by atoms with van der Waals surface area (Å²) in [5.41, 5.74) is 0.680. The van der Waals surface area contributed by atoms with E-state index in [4.69, 9.17) is 0 Å². The largest absolute Gasteiger partial charge is 0.296 e. The second-order valence-corrected chi connectivity index (χ2v) is 3.22. The van der Waals surface area contributed by atoms with Crippen molar-refractivity contribution in [3.05, 3.63) is 48.6 Å². The SMILES string of the molecule is C=CCSNC(=O)c1ccccc1. The maximum atomic E-state index is 11.4. The second kappa shape index (κ2) is 5.43. The zero-order valence-electron chi connectivity index (χ0n) is 7.19. The lowest BCUT2D eigenvalue weighted by Crippen LogP contribution is -2.15. The number of rotatable bonds is 4. The van der Waals surface area contributed by atoms with Crippen LogP contribution >= 0.6 is 11.9 Å². The maximum Gasteiger partial charge on any atom is 0.261 e. The summed E-state index contributed by atoms with van der Waals surface area (Å²) in [6.07, 6.45) is 1.75. The summed E-state index contributed by atoms with van der Waals surface area (Å²) in [5, 5.41) is 0. The Labute approximate surface area is 82.2 Å². The first-order valence-electron chi connectivity index (χ1n) is 3.92. The van der Waals surface area contributed by atoms with Crippen molar-refractivity contribution >= 4 is 17.9 Å². The van der Waals surface area contributed by atoms with E-state index in [0.717, 1.165) is 5.75 Å². The van der Waals surface area contributed by atoms with Gasteiger partial charge in [-0.2, -0.15) is 0 Å². The van der Waals surface area contributed by atoms with Gasteiger partial charge < -0.3 is 0 Å². The van der Waals surface area contributed by atoms with Gasteiger partial charge in [-0.1, -0.05) is 24.3 Å². The number of nitrogens with one attached hydrogen (secondary N) is 1. The lowest BCUT2D eigenvalue weighted by atomic mass is 10.2. The van der Waals surface area contributed by atoms with Crippen molar-refractivity contribution in [1.82, 2.24) is 4.72 Å². The van der Waals surface area contributed by atoms with Crippen LogP contribution in [-0.2, 0) is 0 Å². The van der Waals surface area contributed by atoms with Gasteiger partial charge in [0.1, 0.15) is 0 Å². The first kappa shape index (κ1) is 9.86. The highest BCUT2D eigenvalue weighted by atomic mass is 32.2. The average Bonchev–Trinajstić information content (AvgIpc) is 2.19. The van der Waals surface area contributed by atoms with Crippen molar-refractivity contribution in [2.45, 2.75) is 0 Å². The Morgan fingerprint density at radius 2 is 2.15 bits per heavy atom. The van der Waals surface area contributed by atoms with Crippen LogP contribution in [0.2, 0.25) is 0 Å². The Balaban J connectivity index is 2.45. The van der Waals surface area contributed by atoms with Gasteiger partial charge in [0, 0.05) is 11.3 Å². The number of carbonyl (C=O) groups excluding carboxylic acids is 1. The monoisotopic (exact) mass is 193 g/mol. The Bertz CT molecular complexity index is 284. The van der Waals surface area contributed by atoms with E-state index in [1.54, 1.807) is 18.2 Å². The molecular weight excluding hydrogens is 182 g/mol. The van der Waals surface area contributed by atoms with E-state index in [-0.39, 0.29) is 5.91 Å². The quantitative estimate of drug-likeness (QED) is 0.451. The van der Waals surface area contributed by atoms with E-state index >= 15 is 0 Å². The van der Waals surface area contributed by atoms with Crippen LogP contribution in [-0.4, -0.2) is 11.7 Å². The summed E-state index contributed by atoms with van der Waals surface area (Å²) in [6.45, 7) is 3.56. The lowest BCUT2D eigenvalue weighted by molar-refractivity contribution is 0.0984. The highest BCUT2D eigenvalue weighted by molar-refractivity contribution is 7.98. The molecule has 2 nitrogen and oxygen atoms in total. The predicted octanol–water partition coefficient (Wildman–Crippen LogP) is 2.25. The smallest absolute Gasteiger partial charge is 0.261 e. The summed E-state index contributed by atoms with van der Waals surface area (Å²) in [5.74, 6) is 0.658. The molecule has 3 heteroatoms. The third-order valence-corrected chi connectivity index (χ3v) is 2.13. The van der Waals surface area contributed by atoms with Crippen molar-refractivity contribution in [1.29, 1.82) is 0 Å². The standard InChI is InChI=1S/C10H11NOS/c1-2-8-13-11-10(12)9-6-4-3-5-7-9/h2-7H,1,8H2,(H,11,12). The minimum atomic E-state index is -0.0625. The molecule has 0 spiro atoms. The van der Waals surface area contributed by atoms with Gasteiger partial charge in [-0.25, -0.2) is 0 Å². The minimum Gasteiger partial charge on any atom is -0.296 e. The van der Waals surface area contributed by atoms with Crippen LogP contribution in [0.5, 0.6) is 0 Å². The molecule has 1 amide bonds. The molecule has 0 radical (unpaired) electrons. The van der Waals surface area contributed by atoms with E-state index in [2.05, 4.69) is 11.3 Å². The number of amides is 1. The summed E-state index contributed by atoms with van der Waals surface area (Å²) in [6, 6.07) is 9.13. The molecule has 0 heterocycles. The molecule has 0 unspecified atom stereocenters. The van der Waals surface area contributed by atoms with Gasteiger partial charge in [-0.05, 0) is 24.1 Å². The van der Waals surface area contributed by atoms with E-state index < -0.39 is 0 Å². The minimum absolute atomic E-state index is 0.0625. The van der Waals surface area contributed by atoms with Crippen LogP contribution in [0.1, 0.15) is 10.4 Å². The van der Waals surface area contributed by atoms with Crippen LogP contribution in [0, 0.1) is 0 Å². The van der Waals surface area contributed by atoms with Crippen molar-refractivity contribution in [2.24, 2.45) is 0 Å². The van der Waals surface area contributed by atoms with E-state index in [1.165, 1.54) is 11.9 Å². The van der Waals surface area contributed by atoms with Crippen molar-refractivity contribution in [2.75, 3.05) is 5.75 Å². The molecule has 0 aliphatic heterocycles. The van der Waals surface area contributed by atoms with Crippen LogP contribution in [0.25, 0.3) is 0 Å². The van der Waals surface area contributed by atoms with Crippen LogP contribution in [0.15, 0.2) is 43.0 Å².